The molecule has 7 nitrogen and oxygen atoms in total. The third-order valence-electron chi connectivity index (χ3n) is 4.07. The van der Waals surface area contributed by atoms with Crippen molar-refractivity contribution in [1.82, 2.24) is 10.6 Å². The molecule has 9 heteroatoms. The Hall–Kier alpha value is -2.97. The van der Waals surface area contributed by atoms with E-state index in [4.69, 9.17) is 23.8 Å². The molecule has 1 heterocycles. The van der Waals surface area contributed by atoms with Gasteiger partial charge in [0.15, 0.2) is 5.11 Å². The van der Waals surface area contributed by atoms with Gasteiger partial charge >= 0.3 is 0 Å². The summed E-state index contributed by atoms with van der Waals surface area (Å²) >= 11 is 11.5. The van der Waals surface area contributed by atoms with E-state index in [0.717, 1.165) is 5.56 Å². The van der Waals surface area contributed by atoms with Gasteiger partial charge in [-0.25, -0.2) is 0 Å². The molecule has 2 aromatic carbocycles. The number of halogens is 1. The van der Waals surface area contributed by atoms with Crippen LogP contribution in [0.25, 0.3) is 0 Å². The number of allylic oxidation sites excluding steroid dienone is 1. The number of amides is 1. The molecular weight excluding hydrogens is 388 g/mol. The van der Waals surface area contributed by atoms with E-state index in [9.17, 15) is 14.9 Å². The first-order chi connectivity index (χ1) is 12.9. The van der Waals surface area contributed by atoms with Gasteiger partial charge in [0.2, 0.25) is 0 Å². The summed E-state index contributed by atoms with van der Waals surface area (Å²) in [6.07, 6.45) is 0. The van der Waals surface area contributed by atoms with Crippen molar-refractivity contribution in [2.45, 2.75) is 13.0 Å². The number of hydrogen-bond donors (Lipinski definition) is 3. The molecule has 1 aliphatic rings. The Morgan fingerprint density at radius 2 is 1.89 bits per heavy atom. The van der Waals surface area contributed by atoms with Gasteiger partial charge in [0.25, 0.3) is 11.6 Å². The van der Waals surface area contributed by atoms with Gasteiger partial charge in [-0.1, -0.05) is 29.8 Å². The summed E-state index contributed by atoms with van der Waals surface area (Å²) in [4.78, 5) is 23.2. The first-order valence-corrected chi connectivity index (χ1v) is 8.74. The van der Waals surface area contributed by atoms with Crippen LogP contribution >= 0.6 is 23.8 Å². The molecule has 0 spiro atoms. The van der Waals surface area contributed by atoms with Crippen molar-refractivity contribution in [1.29, 1.82) is 0 Å². The van der Waals surface area contributed by atoms with Crippen LogP contribution in [0, 0.1) is 10.1 Å². The molecule has 27 heavy (non-hydrogen) atoms. The standard InChI is InChI=1S/C18H15ClN4O3S/c1-10-15(17(24)21-11-6-8-12(9-7-11)23(25)26)16(22-18(27)20-10)13-4-2-3-5-14(13)19/h2-9,16H,1H3,(H,21,24)(H2,20,22,27)/t16-/m0/s1. The molecule has 1 amide bonds. The fraction of sp³-hybridized carbons (Fsp3) is 0.111. The molecule has 0 saturated carbocycles. The average Bonchev–Trinajstić information content (AvgIpc) is 2.61. The van der Waals surface area contributed by atoms with E-state index < -0.39 is 11.0 Å². The maximum absolute atomic E-state index is 12.9. The van der Waals surface area contributed by atoms with Gasteiger partial charge in [-0.15, -0.1) is 0 Å². The minimum Gasteiger partial charge on any atom is -0.351 e. The number of nitro groups is 1. The number of nitrogens with zero attached hydrogens (tertiary/aromatic N) is 1. The largest absolute Gasteiger partial charge is 0.351 e. The number of nitrogens with one attached hydrogen (secondary N) is 3. The lowest BCUT2D eigenvalue weighted by Crippen LogP contribution is -2.45. The highest BCUT2D eigenvalue weighted by molar-refractivity contribution is 7.80. The first-order valence-electron chi connectivity index (χ1n) is 7.95. The van der Waals surface area contributed by atoms with Gasteiger partial charge in [0, 0.05) is 28.5 Å². The summed E-state index contributed by atoms with van der Waals surface area (Å²) in [5, 5.41) is 20.4. The Morgan fingerprint density at radius 1 is 1.22 bits per heavy atom. The predicted molar refractivity (Wildman–Crippen MR) is 107 cm³/mol. The lowest BCUT2D eigenvalue weighted by Gasteiger charge is -2.30. The topological polar surface area (TPSA) is 96.3 Å². The fourth-order valence-corrected chi connectivity index (χ4v) is 3.32. The molecule has 0 aromatic heterocycles. The number of rotatable bonds is 4. The molecule has 0 unspecified atom stereocenters. The van der Waals surface area contributed by atoms with Crippen molar-refractivity contribution in [3.8, 4) is 0 Å². The molecule has 3 N–H and O–H groups in total. The summed E-state index contributed by atoms with van der Waals surface area (Å²) in [5.41, 5.74) is 2.13. The Bertz CT molecular complexity index is 959. The van der Waals surface area contributed by atoms with Crippen molar-refractivity contribution in [2.75, 3.05) is 5.32 Å². The predicted octanol–water partition coefficient (Wildman–Crippen LogP) is 3.68. The summed E-state index contributed by atoms with van der Waals surface area (Å²) < 4.78 is 0. The van der Waals surface area contributed by atoms with Gasteiger partial charge in [-0.05, 0) is 42.9 Å². The Kier molecular flexibility index (Phi) is 5.38. The molecule has 0 bridgehead atoms. The molecular formula is C18H15ClN4O3S. The van der Waals surface area contributed by atoms with Crippen molar-refractivity contribution < 1.29 is 9.72 Å². The fourth-order valence-electron chi connectivity index (χ4n) is 2.80. The van der Waals surface area contributed by atoms with E-state index in [1.54, 1.807) is 19.1 Å². The first kappa shape index (κ1) is 18.8. The van der Waals surface area contributed by atoms with Gasteiger partial charge in [-0.2, -0.15) is 0 Å². The Balaban J connectivity index is 1.92. The zero-order valence-electron chi connectivity index (χ0n) is 14.2. The Labute approximate surface area is 165 Å². The third-order valence-corrected chi connectivity index (χ3v) is 4.63. The zero-order valence-corrected chi connectivity index (χ0v) is 15.7. The van der Waals surface area contributed by atoms with Crippen LogP contribution in [0.3, 0.4) is 0 Å². The average molecular weight is 403 g/mol. The van der Waals surface area contributed by atoms with E-state index in [1.807, 2.05) is 12.1 Å². The number of carbonyl (C=O) groups excluding carboxylic acids is 1. The van der Waals surface area contributed by atoms with Crippen LogP contribution in [-0.2, 0) is 4.79 Å². The number of hydrogen-bond acceptors (Lipinski definition) is 4. The molecule has 0 radical (unpaired) electrons. The van der Waals surface area contributed by atoms with Crippen LogP contribution in [0.1, 0.15) is 18.5 Å². The zero-order chi connectivity index (χ0) is 19.6. The van der Waals surface area contributed by atoms with E-state index in [2.05, 4.69) is 16.0 Å². The SMILES string of the molecule is CC1=C(C(=O)Nc2ccc([N+](=O)[O-])cc2)[C@H](c2ccccc2Cl)NC(=S)N1. The van der Waals surface area contributed by atoms with Crippen LogP contribution in [0.5, 0.6) is 0 Å². The van der Waals surface area contributed by atoms with Crippen LogP contribution in [0.2, 0.25) is 5.02 Å². The number of thiocarbonyl (C=S) groups is 1. The quantitative estimate of drug-likeness (QED) is 0.410. The number of carbonyl (C=O) groups is 1. The van der Waals surface area contributed by atoms with E-state index in [-0.39, 0.29) is 11.6 Å². The molecule has 0 fully saturated rings. The lowest BCUT2D eigenvalue weighted by atomic mass is 9.95. The van der Waals surface area contributed by atoms with Gasteiger partial charge < -0.3 is 16.0 Å². The highest BCUT2D eigenvalue weighted by atomic mass is 35.5. The molecule has 1 atom stereocenters. The van der Waals surface area contributed by atoms with Crippen LogP contribution in [-0.4, -0.2) is 15.9 Å². The third kappa shape index (κ3) is 4.07. The number of benzene rings is 2. The van der Waals surface area contributed by atoms with Gasteiger partial charge in [0.05, 0.1) is 16.5 Å². The molecule has 0 saturated heterocycles. The van der Waals surface area contributed by atoms with Gasteiger partial charge in [-0.3, -0.25) is 14.9 Å². The monoisotopic (exact) mass is 402 g/mol. The molecule has 2 aromatic rings. The van der Waals surface area contributed by atoms with Crippen LogP contribution in [0.15, 0.2) is 59.8 Å². The molecule has 0 aliphatic carbocycles. The Morgan fingerprint density at radius 3 is 2.52 bits per heavy atom. The maximum atomic E-state index is 12.9. The minimum absolute atomic E-state index is 0.0521. The van der Waals surface area contributed by atoms with E-state index in [0.29, 0.717) is 27.1 Å². The normalized spacial score (nSPS) is 16.4. The highest BCUT2D eigenvalue weighted by Gasteiger charge is 2.31. The second-order valence-electron chi connectivity index (χ2n) is 5.85. The lowest BCUT2D eigenvalue weighted by molar-refractivity contribution is -0.384. The highest BCUT2D eigenvalue weighted by Crippen LogP contribution is 2.32. The number of non-ortho nitro benzene ring substituents is 1. The second kappa shape index (κ2) is 7.73. The summed E-state index contributed by atoms with van der Waals surface area (Å²) in [7, 11) is 0. The van der Waals surface area contributed by atoms with E-state index >= 15 is 0 Å². The van der Waals surface area contributed by atoms with Crippen molar-refractivity contribution >= 4 is 46.2 Å². The van der Waals surface area contributed by atoms with Crippen LogP contribution < -0.4 is 16.0 Å². The smallest absolute Gasteiger partial charge is 0.269 e. The van der Waals surface area contributed by atoms with E-state index in [1.165, 1.54) is 24.3 Å². The minimum atomic E-state index is -0.523. The summed E-state index contributed by atoms with van der Waals surface area (Å²) in [5.74, 6) is -0.367. The second-order valence-corrected chi connectivity index (χ2v) is 6.67. The number of anilines is 1. The molecule has 138 valence electrons. The van der Waals surface area contributed by atoms with Crippen molar-refractivity contribution in [2.24, 2.45) is 0 Å². The van der Waals surface area contributed by atoms with Gasteiger partial charge in [0.1, 0.15) is 0 Å². The van der Waals surface area contributed by atoms with Crippen LogP contribution in [0.4, 0.5) is 11.4 Å². The summed E-state index contributed by atoms with van der Waals surface area (Å²) in [6, 6.07) is 12.3. The molecule has 3 rings (SSSR count). The maximum Gasteiger partial charge on any atom is 0.269 e. The summed E-state index contributed by atoms with van der Waals surface area (Å²) in [6.45, 7) is 1.75. The number of nitro benzene ring substituents is 1. The van der Waals surface area contributed by atoms with Crippen molar-refractivity contribution in [3.05, 3.63) is 80.5 Å². The van der Waals surface area contributed by atoms with Crippen molar-refractivity contribution in [3.63, 3.8) is 0 Å². The molecule has 1 aliphatic heterocycles.